The van der Waals surface area contributed by atoms with Crippen molar-refractivity contribution in [2.75, 3.05) is 6.54 Å². The van der Waals surface area contributed by atoms with Gasteiger partial charge in [-0.1, -0.05) is 12.1 Å². The minimum Gasteiger partial charge on any atom is -0.356 e. The highest BCUT2D eigenvalue weighted by molar-refractivity contribution is 6.07. The van der Waals surface area contributed by atoms with Crippen LogP contribution >= 0.6 is 0 Å². The third-order valence-electron chi connectivity index (χ3n) is 3.89. The van der Waals surface area contributed by atoms with E-state index in [1.54, 1.807) is 0 Å². The van der Waals surface area contributed by atoms with Crippen LogP contribution in [0.4, 0.5) is 0 Å². The van der Waals surface area contributed by atoms with Gasteiger partial charge in [0.15, 0.2) is 0 Å². The fourth-order valence-corrected chi connectivity index (χ4v) is 2.80. The highest BCUT2D eigenvalue weighted by atomic mass is 16.1. The lowest BCUT2D eigenvalue weighted by Gasteiger charge is -2.04. The predicted molar refractivity (Wildman–Crippen MR) is 87.3 cm³/mol. The predicted octanol–water partition coefficient (Wildman–Crippen LogP) is 3.04. The highest BCUT2D eigenvalue weighted by Gasteiger charge is 2.09. The van der Waals surface area contributed by atoms with E-state index in [1.165, 1.54) is 27.4 Å². The molecule has 0 spiro atoms. The Morgan fingerprint density at radius 3 is 2.95 bits per heavy atom. The van der Waals surface area contributed by atoms with Gasteiger partial charge in [-0.2, -0.15) is 0 Å². The molecule has 21 heavy (non-hydrogen) atoms. The second-order valence-corrected chi connectivity index (χ2v) is 5.26. The molecule has 2 heterocycles. The molecule has 0 saturated heterocycles. The molecule has 4 heteroatoms. The van der Waals surface area contributed by atoms with Crippen LogP contribution in [-0.4, -0.2) is 22.0 Å². The molecule has 0 bridgehead atoms. The van der Waals surface area contributed by atoms with Gasteiger partial charge in [-0.3, -0.25) is 9.78 Å². The van der Waals surface area contributed by atoms with Crippen molar-refractivity contribution >= 4 is 27.7 Å². The van der Waals surface area contributed by atoms with Crippen LogP contribution in [0.5, 0.6) is 0 Å². The van der Waals surface area contributed by atoms with E-state index in [0.717, 1.165) is 6.42 Å². The lowest BCUT2D eigenvalue weighted by Crippen LogP contribution is -2.22. The lowest BCUT2D eigenvalue weighted by molar-refractivity contribution is -0.120. The number of fused-ring (bicyclic) bond motifs is 3. The summed E-state index contributed by atoms with van der Waals surface area (Å²) in [6.07, 6.45) is 5.02. The minimum atomic E-state index is 0. The maximum absolute atomic E-state index is 11.6. The lowest BCUT2D eigenvalue weighted by atomic mass is 10.1. The Bertz CT molecular complexity index is 810. The number of hydrogen-bond donors (Lipinski definition) is 1. The standard InChI is InChI=1S/C17H19N3O.H2/c1-3-19-17(21)7-5-12-4-6-13-14-11-18-9-8-15(14)20(2)16(13)10-12;/h4,6,8-11H,3,5,7H2,1-2H3,(H,19,21);1H. The summed E-state index contributed by atoms with van der Waals surface area (Å²) in [5.41, 5.74) is 3.56. The summed E-state index contributed by atoms with van der Waals surface area (Å²) in [4.78, 5) is 15.8. The van der Waals surface area contributed by atoms with Crippen LogP contribution in [0.1, 0.15) is 20.3 Å². The molecule has 0 aliphatic carbocycles. The number of amides is 1. The molecule has 0 unspecified atom stereocenters. The minimum absolute atomic E-state index is 0. The topological polar surface area (TPSA) is 46.9 Å². The van der Waals surface area contributed by atoms with Crippen molar-refractivity contribution in [1.29, 1.82) is 0 Å². The SMILES string of the molecule is CCNC(=O)CCc1ccc2c3cnccc3n(C)c2c1.[HH]. The van der Waals surface area contributed by atoms with E-state index >= 15 is 0 Å². The van der Waals surface area contributed by atoms with Gasteiger partial charge in [0, 0.05) is 50.1 Å². The van der Waals surface area contributed by atoms with Crippen molar-refractivity contribution < 1.29 is 6.22 Å². The number of rotatable bonds is 4. The van der Waals surface area contributed by atoms with Crippen LogP contribution in [0, 0.1) is 0 Å². The number of carbonyl (C=O) groups excluding carboxylic acids is 1. The van der Waals surface area contributed by atoms with E-state index in [9.17, 15) is 4.79 Å². The summed E-state index contributed by atoms with van der Waals surface area (Å²) in [7, 11) is 2.07. The van der Waals surface area contributed by atoms with Crippen molar-refractivity contribution in [2.24, 2.45) is 7.05 Å². The molecule has 0 aliphatic heterocycles. The summed E-state index contributed by atoms with van der Waals surface area (Å²) in [5, 5.41) is 5.22. The van der Waals surface area contributed by atoms with Crippen molar-refractivity contribution in [1.82, 2.24) is 14.9 Å². The molecule has 0 radical (unpaired) electrons. The van der Waals surface area contributed by atoms with Crippen molar-refractivity contribution in [2.45, 2.75) is 19.8 Å². The molecule has 0 atom stereocenters. The number of nitrogens with one attached hydrogen (secondary N) is 1. The van der Waals surface area contributed by atoms with Gasteiger partial charge in [-0.15, -0.1) is 0 Å². The molecule has 3 rings (SSSR count). The van der Waals surface area contributed by atoms with Crippen LogP contribution in [0.2, 0.25) is 0 Å². The van der Waals surface area contributed by atoms with Gasteiger partial charge in [0.2, 0.25) is 5.91 Å². The normalized spacial score (nSPS) is 11.1. The van der Waals surface area contributed by atoms with E-state index in [4.69, 9.17) is 0 Å². The number of hydrogen-bond acceptors (Lipinski definition) is 2. The van der Waals surface area contributed by atoms with Crippen LogP contribution < -0.4 is 5.32 Å². The molecule has 3 aromatic rings. The van der Waals surface area contributed by atoms with Gasteiger partial charge in [0.1, 0.15) is 0 Å². The molecule has 0 aliphatic rings. The Morgan fingerprint density at radius 1 is 1.29 bits per heavy atom. The summed E-state index contributed by atoms with van der Waals surface area (Å²) in [6, 6.07) is 8.44. The van der Waals surface area contributed by atoms with E-state index in [-0.39, 0.29) is 7.33 Å². The maximum Gasteiger partial charge on any atom is 0.220 e. The molecule has 0 fully saturated rings. The quantitative estimate of drug-likeness (QED) is 0.800. The number of pyridine rings is 1. The van der Waals surface area contributed by atoms with Crippen molar-refractivity contribution in [3.8, 4) is 0 Å². The number of carbonyl (C=O) groups is 1. The first kappa shape index (κ1) is 13.6. The average molecular weight is 283 g/mol. The summed E-state index contributed by atoms with van der Waals surface area (Å²) in [5.74, 6) is 0.110. The zero-order valence-corrected chi connectivity index (χ0v) is 12.4. The molecule has 1 aromatic carbocycles. The molecule has 110 valence electrons. The van der Waals surface area contributed by atoms with Crippen LogP contribution in [0.25, 0.3) is 21.8 Å². The first-order valence-electron chi connectivity index (χ1n) is 7.28. The third-order valence-corrected chi connectivity index (χ3v) is 3.89. The molecule has 2 aromatic heterocycles. The van der Waals surface area contributed by atoms with Gasteiger partial charge in [0.05, 0.1) is 5.52 Å². The number of aromatic nitrogens is 2. The fourth-order valence-electron chi connectivity index (χ4n) is 2.80. The Labute approximate surface area is 125 Å². The van der Waals surface area contributed by atoms with Gasteiger partial charge in [-0.25, -0.2) is 0 Å². The largest absolute Gasteiger partial charge is 0.356 e. The maximum atomic E-state index is 11.6. The fraction of sp³-hybridized carbons (Fsp3) is 0.294. The third kappa shape index (κ3) is 2.49. The first-order valence-corrected chi connectivity index (χ1v) is 7.28. The zero-order valence-electron chi connectivity index (χ0n) is 12.4. The van der Waals surface area contributed by atoms with Gasteiger partial charge in [0.25, 0.3) is 0 Å². The number of benzene rings is 1. The number of nitrogens with zero attached hydrogens (tertiary/aromatic N) is 2. The first-order chi connectivity index (χ1) is 10.2. The molecule has 4 nitrogen and oxygen atoms in total. The summed E-state index contributed by atoms with van der Waals surface area (Å²) in [6.45, 7) is 2.63. The van der Waals surface area contributed by atoms with E-state index < -0.39 is 0 Å². The Balaban J connectivity index is 0.00000176. The average Bonchev–Trinajstić information content (AvgIpc) is 2.79. The van der Waals surface area contributed by atoms with Crippen LogP contribution in [-0.2, 0) is 18.3 Å². The monoisotopic (exact) mass is 283 g/mol. The van der Waals surface area contributed by atoms with Gasteiger partial charge < -0.3 is 9.88 Å². The smallest absolute Gasteiger partial charge is 0.220 e. The highest BCUT2D eigenvalue weighted by Crippen LogP contribution is 2.28. The summed E-state index contributed by atoms with van der Waals surface area (Å²) < 4.78 is 2.18. The molecular weight excluding hydrogens is 262 g/mol. The Morgan fingerprint density at radius 2 is 2.14 bits per heavy atom. The van der Waals surface area contributed by atoms with Gasteiger partial charge in [-0.05, 0) is 31.0 Å². The molecule has 1 N–H and O–H groups in total. The van der Waals surface area contributed by atoms with Crippen molar-refractivity contribution in [3.63, 3.8) is 0 Å². The Hall–Kier alpha value is -2.36. The van der Waals surface area contributed by atoms with E-state index in [1.807, 2.05) is 25.4 Å². The van der Waals surface area contributed by atoms with Crippen LogP contribution in [0.3, 0.4) is 0 Å². The van der Waals surface area contributed by atoms with Crippen molar-refractivity contribution in [3.05, 3.63) is 42.2 Å². The number of aryl methyl sites for hydroxylation is 2. The van der Waals surface area contributed by atoms with Gasteiger partial charge >= 0.3 is 0 Å². The van der Waals surface area contributed by atoms with E-state index in [2.05, 4.69) is 40.1 Å². The van der Waals surface area contributed by atoms with E-state index in [0.29, 0.717) is 13.0 Å². The summed E-state index contributed by atoms with van der Waals surface area (Å²) >= 11 is 0. The second kappa shape index (κ2) is 5.56. The second-order valence-electron chi connectivity index (χ2n) is 5.26. The van der Waals surface area contributed by atoms with Crippen LogP contribution in [0.15, 0.2) is 36.7 Å². The Kier molecular flexibility index (Phi) is 3.60. The molecule has 1 amide bonds. The zero-order chi connectivity index (χ0) is 14.8. The molecular formula is C17H21N3O. The molecule has 0 saturated carbocycles.